The molecule has 88 valence electrons. The van der Waals surface area contributed by atoms with Crippen molar-refractivity contribution in [2.75, 3.05) is 7.05 Å². The van der Waals surface area contributed by atoms with E-state index in [1.165, 1.54) is 10.5 Å². The lowest BCUT2D eigenvalue weighted by atomic mass is 10.3. The summed E-state index contributed by atoms with van der Waals surface area (Å²) in [6, 6.07) is 12.3. The van der Waals surface area contributed by atoms with Gasteiger partial charge in [0.15, 0.2) is 0 Å². The highest BCUT2D eigenvalue weighted by atomic mass is 79.9. The summed E-state index contributed by atoms with van der Waals surface area (Å²) in [5, 5.41) is 4.22. The lowest BCUT2D eigenvalue weighted by Crippen LogP contribution is -2.06. The van der Waals surface area contributed by atoms with Crippen LogP contribution >= 0.6 is 27.7 Å². The van der Waals surface area contributed by atoms with E-state index < -0.39 is 0 Å². The van der Waals surface area contributed by atoms with Crippen molar-refractivity contribution in [3.63, 3.8) is 0 Å². The van der Waals surface area contributed by atoms with E-state index in [1.807, 2.05) is 31.4 Å². The highest BCUT2D eigenvalue weighted by Gasteiger charge is 2.04. The third kappa shape index (κ3) is 3.56. The van der Waals surface area contributed by atoms with E-state index >= 15 is 0 Å². The number of hydrogen-bond acceptors (Lipinski definition) is 3. The van der Waals surface area contributed by atoms with Gasteiger partial charge in [-0.15, -0.1) is 0 Å². The van der Waals surface area contributed by atoms with Crippen LogP contribution in [0.1, 0.15) is 5.56 Å². The largest absolute Gasteiger partial charge is 0.316 e. The fraction of sp³-hybridized carbons (Fsp3) is 0.154. The second-order valence-electron chi connectivity index (χ2n) is 3.55. The van der Waals surface area contributed by atoms with Gasteiger partial charge in [-0.25, -0.2) is 4.98 Å². The predicted molar refractivity (Wildman–Crippen MR) is 75.3 cm³/mol. The molecule has 0 aliphatic heterocycles. The first-order valence-electron chi connectivity index (χ1n) is 5.31. The summed E-state index contributed by atoms with van der Waals surface area (Å²) in [6.07, 6.45) is 1.83. The summed E-state index contributed by atoms with van der Waals surface area (Å²) >= 11 is 5.13. The topological polar surface area (TPSA) is 24.9 Å². The van der Waals surface area contributed by atoms with Crippen LogP contribution in [0.3, 0.4) is 0 Å². The first-order chi connectivity index (χ1) is 8.29. The van der Waals surface area contributed by atoms with Gasteiger partial charge < -0.3 is 5.32 Å². The maximum atomic E-state index is 4.43. The van der Waals surface area contributed by atoms with E-state index in [9.17, 15) is 0 Å². The van der Waals surface area contributed by atoms with Crippen LogP contribution in [0.25, 0.3) is 0 Å². The number of hydrogen-bond donors (Lipinski definition) is 1. The molecule has 0 atom stereocenters. The molecule has 0 saturated heterocycles. The quantitative estimate of drug-likeness (QED) is 0.932. The molecule has 0 spiro atoms. The Hall–Kier alpha value is -0.840. The van der Waals surface area contributed by atoms with Crippen LogP contribution in [0.4, 0.5) is 0 Å². The fourth-order valence-electron chi connectivity index (χ4n) is 1.46. The number of aromatic nitrogens is 1. The van der Waals surface area contributed by atoms with Gasteiger partial charge in [0.05, 0.1) is 0 Å². The van der Waals surface area contributed by atoms with Gasteiger partial charge in [0.25, 0.3) is 0 Å². The van der Waals surface area contributed by atoms with Crippen molar-refractivity contribution in [1.82, 2.24) is 10.3 Å². The lowest BCUT2D eigenvalue weighted by molar-refractivity contribution is 0.790. The zero-order valence-electron chi connectivity index (χ0n) is 9.48. The van der Waals surface area contributed by atoms with Crippen LogP contribution in [0.5, 0.6) is 0 Å². The highest BCUT2D eigenvalue weighted by molar-refractivity contribution is 9.10. The normalized spacial score (nSPS) is 10.5. The zero-order valence-corrected chi connectivity index (χ0v) is 11.9. The molecule has 0 radical (unpaired) electrons. The Morgan fingerprint density at radius 1 is 1.24 bits per heavy atom. The summed E-state index contributed by atoms with van der Waals surface area (Å²) in [5.74, 6) is 0. The van der Waals surface area contributed by atoms with Crippen LogP contribution < -0.4 is 5.32 Å². The number of benzene rings is 1. The van der Waals surface area contributed by atoms with Crippen LogP contribution in [0, 0.1) is 0 Å². The van der Waals surface area contributed by atoms with Crippen molar-refractivity contribution in [1.29, 1.82) is 0 Å². The van der Waals surface area contributed by atoms with E-state index in [-0.39, 0.29) is 0 Å². The fourth-order valence-corrected chi connectivity index (χ4v) is 2.60. The number of nitrogens with zero attached hydrogens (tertiary/aromatic N) is 1. The monoisotopic (exact) mass is 308 g/mol. The number of rotatable bonds is 4. The molecule has 4 heteroatoms. The first-order valence-corrected chi connectivity index (χ1v) is 6.92. The Kier molecular flexibility index (Phi) is 4.59. The Labute approximate surface area is 114 Å². The van der Waals surface area contributed by atoms with Crippen LogP contribution in [-0.2, 0) is 6.54 Å². The number of halogens is 1. The van der Waals surface area contributed by atoms with Gasteiger partial charge in [-0.2, -0.15) is 0 Å². The Morgan fingerprint density at radius 2 is 2.00 bits per heavy atom. The molecular formula is C13H13BrN2S. The zero-order chi connectivity index (χ0) is 12.1. The van der Waals surface area contributed by atoms with Crippen LogP contribution in [-0.4, -0.2) is 12.0 Å². The average molecular weight is 309 g/mol. The molecule has 0 aliphatic carbocycles. The molecule has 17 heavy (non-hydrogen) atoms. The van der Waals surface area contributed by atoms with E-state index in [4.69, 9.17) is 0 Å². The highest BCUT2D eigenvalue weighted by Crippen LogP contribution is 2.29. The van der Waals surface area contributed by atoms with E-state index in [2.05, 4.69) is 44.4 Å². The molecule has 0 amide bonds. The minimum absolute atomic E-state index is 0.840. The minimum atomic E-state index is 0.840. The predicted octanol–water partition coefficient (Wildman–Crippen LogP) is 3.71. The molecule has 1 N–H and O–H groups in total. The third-order valence-electron chi connectivity index (χ3n) is 2.25. The molecule has 2 nitrogen and oxygen atoms in total. The third-order valence-corrected chi connectivity index (χ3v) is 3.84. The molecule has 1 heterocycles. The molecule has 1 aromatic carbocycles. The minimum Gasteiger partial charge on any atom is -0.316 e. The van der Waals surface area contributed by atoms with Crippen LogP contribution in [0.15, 0.2) is 57.0 Å². The summed E-state index contributed by atoms with van der Waals surface area (Å²) in [6.45, 7) is 0.840. The summed E-state index contributed by atoms with van der Waals surface area (Å²) in [5.41, 5.74) is 1.22. The second-order valence-corrected chi connectivity index (χ2v) is 5.53. The maximum absolute atomic E-state index is 4.43. The lowest BCUT2D eigenvalue weighted by Gasteiger charge is -2.07. The molecular weight excluding hydrogens is 296 g/mol. The maximum Gasteiger partial charge on any atom is 0.105 e. The molecule has 1 aromatic heterocycles. The van der Waals surface area contributed by atoms with E-state index in [1.54, 1.807) is 11.8 Å². The molecule has 0 aliphatic rings. The van der Waals surface area contributed by atoms with Crippen molar-refractivity contribution in [3.05, 3.63) is 52.6 Å². The molecule has 0 unspecified atom stereocenters. The Morgan fingerprint density at radius 3 is 2.71 bits per heavy atom. The summed E-state index contributed by atoms with van der Waals surface area (Å²) in [7, 11) is 1.95. The van der Waals surface area contributed by atoms with Gasteiger partial charge in [0, 0.05) is 22.1 Å². The number of nitrogens with one attached hydrogen (secondary N) is 1. The number of pyridine rings is 1. The van der Waals surface area contributed by atoms with Crippen LogP contribution in [0.2, 0.25) is 0 Å². The second kappa shape index (κ2) is 6.19. The average Bonchev–Trinajstić information content (AvgIpc) is 2.35. The first kappa shape index (κ1) is 12.6. The van der Waals surface area contributed by atoms with Crippen molar-refractivity contribution in [2.45, 2.75) is 16.5 Å². The summed E-state index contributed by atoms with van der Waals surface area (Å²) in [4.78, 5) is 5.62. The van der Waals surface area contributed by atoms with Crippen molar-refractivity contribution >= 4 is 27.7 Å². The van der Waals surface area contributed by atoms with Gasteiger partial charge in [-0.05, 0) is 42.9 Å². The van der Waals surface area contributed by atoms with Crippen molar-refractivity contribution in [2.24, 2.45) is 0 Å². The van der Waals surface area contributed by atoms with Gasteiger partial charge in [0.1, 0.15) is 5.03 Å². The SMILES string of the molecule is CNCc1cccnc1Sc1ccc(Br)cc1. The van der Waals surface area contributed by atoms with Crippen molar-refractivity contribution in [3.8, 4) is 0 Å². The van der Waals surface area contributed by atoms with Gasteiger partial charge in [-0.1, -0.05) is 33.8 Å². The van der Waals surface area contributed by atoms with Gasteiger partial charge in [-0.3, -0.25) is 0 Å². The van der Waals surface area contributed by atoms with E-state index in [0.717, 1.165) is 16.0 Å². The van der Waals surface area contributed by atoms with Gasteiger partial charge in [0.2, 0.25) is 0 Å². The molecule has 2 aromatic rings. The molecule has 2 rings (SSSR count). The van der Waals surface area contributed by atoms with Gasteiger partial charge >= 0.3 is 0 Å². The standard InChI is InChI=1S/C13H13BrN2S/c1-15-9-10-3-2-8-16-13(10)17-12-6-4-11(14)5-7-12/h2-8,15H,9H2,1H3. The Bertz CT molecular complexity index is 485. The molecule has 0 fully saturated rings. The summed E-state index contributed by atoms with van der Waals surface area (Å²) < 4.78 is 1.10. The Balaban J connectivity index is 2.20. The molecule has 0 saturated carbocycles. The van der Waals surface area contributed by atoms with E-state index in [0.29, 0.717) is 0 Å². The molecule has 0 bridgehead atoms. The van der Waals surface area contributed by atoms with Crippen molar-refractivity contribution < 1.29 is 0 Å². The smallest absolute Gasteiger partial charge is 0.105 e.